The molecule has 100 valence electrons. The number of aryl methyl sites for hydroxylation is 1. The van der Waals surface area contributed by atoms with Gasteiger partial charge in [-0.2, -0.15) is 0 Å². The van der Waals surface area contributed by atoms with E-state index in [0.29, 0.717) is 10.8 Å². The fourth-order valence-corrected chi connectivity index (χ4v) is 2.95. The van der Waals surface area contributed by atoms with E-state index in [1.54, 1.807) is 19.2 Å². The van der Waals surface area contributed by atoms with Gasteiger partial charge in [0.1, 0.15) is 11.6 Å². The maximum absolute atomic E-state index is 13.4. The van der Waals surface area contributed by atoms with Crippen LogP contribution >= 0.6 is 27.5 Å². The summed E-state index contributed by atoms with van der Waals surface area (Å²) in [4.78, 5) is -0.105. The van der Waals surface area contributed by atoms with Gasteiger partial charge in [-0.3, -0.25) is 0 Å². The number of hydrogen-bond donors (Lipinski definition) is 0. The molecule has 2 aromatic rings. The summed E-state index contributed by atoms with van der Waals surface area (Å²) in [6, 6.07) is 10.3. The van der Waals surface area contributed by atoms with Crippen molar-refractivity contribution in [2.45, 2.75) is 11.8 Å². The third kappa shape index (κ3) is 3.10. The highest BCUT2D eigenvalue weighted by atomic mass is 79.9. The molecule has 0 fully saturated rings. The molecule has 0 saturated carbocycles. The molecule has 0 saturated heterocycles. The predicted octanol–water partition coefficient (Wildman–Crippen LogP) is 5.28. The van der Waals surface area contributed by atoms with Gasteiger partial charge in [0.05, 0.1) is 17.0 Å². The summed E-state index contributed by atoms with van der Waals surface area (Å²) in [6.07, 6.45) is 0. The summed E-state index contributed by atoms with van der Waals surface area (Å²) >= 11 is 9.71. The van der Waals surface area contributed by atoms with E-state index in [-0.39, 0.29) is 10.6 Å². The van der Waals surface area contributed by atoms with Crippen molar-refractivity contribution in [3.8, 4) is 5.75 Å². The van der Waals surface area contributed by atoms with E-state index in [1.165, 1.54) is 12.1 Å². The fourth-order valence-electron chi connectivity index (χ4n) is 1.90. The summed E-state index contributed by atoms with van der Waals surface area (Å²) in [5.74, 6) is 0.380. The molecule has 0 N–H and O–H groups in total. The molecule has 0 aliphatic carbocycles. The second-order valence-corrected chi connectivity index (χ2v) is 5.58. The van der Waals surface area contributed by atoms with Crippen LogP contribution in [0.1, 0.15) is 21.5 Å². The molecule has 2 aromatic carbocycles. The van der Waals surface area contributed by atoms with Crippen LogP contribution < -0.4 is 4.74 Å². The monoisotopic (exact) mass is 342 g/mol. The maximum Gasteiger partial charge on any atom is 0.137 e. The van der Waals surface area contributed by atoms with E-state index in [9.17, 15) is 4.39 Å². The average Bonchev–Trinajstić information content (AvgIpc) is 2.40. The van der Waals surface area contributed by atoms with Crippen LogP contribution in [0.25, 0.3) is 0 Å². The first-order chi connectivity index (χ1) is 9.02. The van der Waals surface area contributed by atoms with Gasteiger partial charge in [-0.05, 0) is 47.9 Å². The first-order valence-electron chi connectivity index (χ1n) is 5.76. The van der Waals surface area contributed by atoms with Gasteiger partial charge in [0.2, 0.25) is 0 Å². The van der Waals surface area contributed by atoms with Gasteiger partial charge in [-0.15, -0.1) is 0 Å². The minimum absolute atomic E-state index is 0.105. The Labute approximate surface area is 125 Å². The largest absolute Gasteiger partial charge is 0.495 e. The van der Waals surface area contributed by atoms with Gasteiger partial charge in [0.25, 0.3) is 0 Å². The standard InChI is InChI=1S/C15H13BrClFO/c1-9-3-5-11(18)8-12(9)15(16)10-4-6-14(19-2)13(17)7-10/h3-8,15H,1-2H3. The van der Waals surface area contributed by atoms with E-state index < -0.39 is 0 Å². The van der Waals surface area contributed by atoms with Crippen LogP contribution in [0.2, 0.25) is 5.02 Å². The van der Waals surface area contributed by atoms with Crippen molar-refractivity contribution in [3.05, 3.63) is 63.9 Å². The summed E-state index contributed by atoms with van der Waals surface area (Å²) in [7, 11) is 1.57. The molecule has 0 amide bonds. The second kappa shape index (κ2) is 5.93. The minimum atomic E-state index is -0.246. The van der Waals surface area contributed by atoms with Crippen molar-refractivity contribution in [3.63, 3.8) is 0 Å². The molecule has 0 heterocycles. The number of alkyl halides is 1. The topological polar surface area (TPSA) is 9.23 Å². The van der Waals surface area contributed by atoms with Gasteiger partial charge in [-0.25, -0.2) is 4.39 Å². The van der Waals surface area contributed by atoms with Gasteiger partial charge in [0, 0.05) is 0 Å². The quantitative estimate of drug-likeness (QED) is 0.689. The molecule has 0 aliphatic heterocycles. The molecular formula is C15H13BrClFO. The van der Waals surface area contributed by atoms with Crippen LogP contribution in [0.5, 0.6) is 5.75 Å². The minimum Gasteiger partial charge on any atom is -0.495 e. The molecule has 0 bridgehead atoms. The number of rotatable bonds is 3. The Morgan fingerprint density at radius 3 is 2.58 bits per heavy atom. The highest BCUT2D eigenvalue weighted by molar-refractivity contribution is 9.09. The molecule has 1 nitrogen and oxygen atoms in total. The Balaban J connectivity index is 2.41. The number of ether oxygens (including phenoxy) is 1. The van der Waals surface area contributed by atoms with E-state index in [4.69, 9.17) is 16.3 Å². The van der Waals surface area contributed by atoms with E-state index >= 15 is 0 Å². The third-order valence-corrected chi connectivity index (χ3v) is 4.30. The maximum atomic E-state index is 13.4. The molecule has 1 unspecified atom stereocenters. The van der Waals surface area contributed by atoms with Crippen molar-refractivity contribution in [2.75, 3.05) is 7.11 Å². The summed E-state index contributed by atoms with van der Waals surface area (Å²) in [5, 5.41) is 0.540. The number of halogens is 3. The Morgan fingerprint density at radius 2 is 1.95 bits per heavy atom. The predicted molar refractivity (Wildman–Crippen MR) is 79.9 cm³/mol. The zero-order valence-electron chi connectivity index (χ0n) is 10.6. The van der Waals surface area contributed by atoms with Crippen LogP contribution in [0, 0.1) is 12.7 Å². The molecular weight excluding hydrogens is 331 g/mol. The SMILES string of the molecule is COc1ccc(C(Br)c2cc(F)ccc2C)cc1Cl. The lowest BCUT2D eigenvalue weighted by atomic mass is 10.0. The van der Waals surface area contributed by atoms with Crippen molar-refractivity contribution in [1.82, 2.24) is 0 Å². The van der Waals surface area contributed by atoms with Gasteiger partial charge >= 0.3 is 0 Å². The zero-order valence-corrected chi connectivity index (χ0v) is 12.9. The third-order valence-electron chi connectivity index (χ3n) is 2.98. The molecule has 1 atom stereocenters. The molecule has 19 heavy (non-hydrogen) atoms. The van der Waals surface area contributed by atoms with Crippen LogP contribution in [-0.2, 0) is 0 Å². The number of hydrogen-bond acceptors (Lipinski definition) is 1. The average molecular weight is 344 g/mol. The normalized spacial score (nSPS) is 12.3. The highest BCUT2D eigenvalue weighted by Crippen LogP contribution is 2.36. The zero-order chi connectivity index (χ0) is 14.0. The Hall–Kier alpha value is -1.06. The fraction of sp³-hybridized carbons (Fsp3) is 0.200. The molecule has 0 aliphatic rings. The van der Waals surface area contributed by atoms with Crippen LogP contribution in [0.3, 0.4) is 0 Å². The Bertz CT molecular complexity index is 601. The van der Waals surface area contributed by atoms with Gasteiger partial charge in [0.15, 0.2) is 0 Å². The lowest BCUT2D eigenvalue weighted by molar-refractivity contribution is 0.415. The van der Waals surface area contributed by atoms with Gasteiger partial charge < -0.3 is 4.74 Å². The van der Waals surface area contributed by atoms with Crippen molar-refractivity contribution in [1.29, 1.82) is 0 Å². The van der Waals surface area contributed by atoms with Crippen molar-refractivity contribution < 1.29 is 9.13 Å². The van der Waals surface area contributed by atoms with Crippen molar-refractivity contribution >= 4 is 27.5 Å². The first-order valence-corrected chi connectivity index (χ1v) is 7.06. The Morgan fingerprint density at radius 1 is 1.21 bits per heavy atom. The lowest BCUT2D eigenvalue weighted by Crippen LogP contribution is -1.97. The molecule has 0 radical (unpaired) electrons. The Kier molecular flexibility index (Phi) is 4.48. The molecule has 4 heteroatoms. The lowest BCUT2D eigenvalue weighted by Gasteiger charge is -2.15. The second-order valence-electron chi connectivity index (χ2n) is 4.26. The smallest absolute Gasteiger partial charge is 0.137 e. The van der Waals surface area contributed by atoms with Crippen LogP contribution in [0.15, 0.2) is 36.4 Å². The summed E-state index contributed by atoms with van der Waals surface area (Å²) in [5.41, 5.74) is 2.87. The van der Waals surface area contributed by atoms with E-state index in [0.717, 1.165) is 16.7 Å². The molecule has 0 aromatic heterocycles. The van der Waals surface area contributed by atoms with E-state index in [1.807, 2.05) is 19.1 Å². The number of benzene rings is 2. The summed E-state index contributed by atoms with van der Waals surface area (Å²) in [6.45, 7) is 1.95. The molecule has 0 spiro atoms. The van der Waals surface area contributed by atoms with Crippen molar-refractivity contribution in [2.24, 2.45) is 0 Å². The number of methoxy groups -OCH3 is 1. The van der Waals surface area contributed by atoms with Crippen LogP contribution in [-0.4, -0.2) is 7.11 Å². The highest BCUT2D eigenvalue weighted by Gasteiger charge is 2.15. The van der Waals surface area contributed by atoms with E-state index in [2.05, 4.69) is 15.9 Å². The van der Waals surface area contributed by atoms with Crippen LogP contribution in [0.4, 0.5) is 4.39 Å². The van der Waals surface area contributed by atoms with Gasteiger partial charge in [-0.1, -0.05) is 39.7 Å². The first kappa shape index (κ1) is 14.4. The summed E-state index contributed by atoms with van der Waals surface area (Å²) < 4.78 is 18.5. The molecule has 2 rings (SSSR count).